The van der Waals surface area contributed by atoms with E-state index in [9.17, 15) is 4.39 Å². The number of hydrogen-bond acceptors (Lipinski definition) is 2. The first-order valence-electron chi connectivity index (χ1n) is 7.71. The molecule has 0 aromatic heterocycles. The summed E-state index contributed by atoms with van der Waals surface area (Å²) in [6.07, 6.45) is 7.81. The summed E-state index contributed by atoms with van der Waals surface area (Å²) >= 11 is 0. The van der Waals surface area contributed by atoms with Crippen molar-refractivity contribution in [3.8, 4) is 6.07 Å². The Balaban J connectivity index is 1.78. The lowest BCUT2D eigenvalue weighted by atomic mass is 9.78. The first kappa shape index (κ1) is 13.6. The van der Waals surface area contributed by atoms with Crippen LogP contribution in [0.15, 0.2) is 18.2 Å². The average molecular weight is 272 g/mol. The molecular weight excluding hydrogens is 251 g/mol. The molecule has 2 aliphatic rings. The summed E-state index contributed by atoms with van der Waals surface area (Å²) < 4.78 is 14.2. The molecule has 1 aromatic carbocycles. The second kappa shape index (κ2) is 5.93. The highest BCUT2D eigenvalue weighted by atomic mass is 19.1. The SMILES string of the molecule is N#Cc1cccc(CN2CCCC3CCCCC32)c1F. The van der Waals surface area contributed by atoms with Crippen molar-refractivity contribution < 1.29 is 4.39 Å². The zero-order chi connectivity index (χ0) is 13.9. The topological polar surface area (TPSA) is 27.0 Å². The van der Waals surface area contributed by atoms with Gasteiger partial charge in [-0.05, 0) is 44.2 Å². The van der Waals surface area contributed by atoms with Crippen LogP contribution in [0.5, 0.6) is 0 Å². The molecule has 3 heteroatoms. The summed E-state index contributed by atoms with van der Waals surface area (Å²) in [6, 6.07) is 7.73. The molecule has 1 aromatic rings. The lowest BCUT2D eigenvalue weighted by molar-refractivity contribution is 0.0539. The summed E-state index contributed by atoms with van der Waals surface area (Å²) in [5.41, 5.74) is 0.843. The van der Waals surface area contributed by atoms with Crippen LogP contribution >= 0.6 is 0 Å². The van der Waals surface area contributed by atoms with E-state index >= 15 is 0 Å². The van der Waals surface area contributed by atoms with Gasteiger partial charge in [0.2, 0.25) is 0 Å². The van der Waals surface area contributed by atoms with E-state index in [1.807, 2.05) is 12.1 Å². The van der Waals surface area contributed by atoms with Crippen LogP contribution in [0.25, 0.3) is 0 Å². The van der Waals surface area contributed by atoms with Crippen LogP contribution in [-0.4, -0.2) is 17.5 Å². The van der Waals surface area contributed by atoms with Gasteiger partial charge < -0.3 is 0 Å². The van der Waals surface area contributed by atoms with Crippen molar-refractivity contribution >= 4 is 0 Å². The third-order valence-corrected chi connectivity index (χ3v) is 4.93. The van der Waals surface area contributed by atoms with Crippen molar-refractivity contribution in [3.05, 3.63) is 35.1 Å². The van der Waals surface area contributed by atoms with Crippen molar-refractivity contribution in [1.29, 1.82) is 5.26 Å². The molecule has 0 bridgehead atoms. The third-order valence-electron chi connectivity index (χ3n) is 4.93. The molecule has 0 N–H and O–H groups in total. The predicted octanol–water partition coefficient (Wildman–Crippen LogP) is 3.85. The van der Waals surface area contributed by atoms with E-state index in [0.717, 1.165) is 12.5 Å². The zero-order valence-corrected chi connectivity index (χ0v) is 11.8. The molecule has 2 atom stereocenters. The second-order valence-electron chi connectivity index (χ2n) is 6.12. The lowest BCUT2D eigenvalue weighted by Gasteiger charge is -2.44. The van der Waals surface area contributed by atoms with Gasteiger partial charge in [-0.15, -0.1) is 0 Å². The van der Waals surface area contributed by atoms with Crippen molar-refractivity contribution in [1.82, 2.24) is 4.90 Å². The van der Waals surface area contributed by atoms with Gasteiger partial charge in [-0.3, -0.25) is 4.90 Å². The minimum absolute atomic E-state index is 0.166. The van der Waals surface area contributed by atoms with Crippen LogP contribution in [0.4, 0.5) is 4.39 Å². The molecule has 2 fully saturated rings. The Bertz CT molecular complexity index is 518. The molecule has 1 saturated heterocycles. The molecule has 1 aliphatic heterocycles. The Hall–Kier alpha value is -1.40. The molecule has 0 spiro atoms. The molecule has 2 unspecified atom stereocenters. The van der Waals surface area contributed by atoms with E-state index in [2.05, 4.69) is 4.90 Å². The maximum atomic E-state index is 14.2. The molecule has 1 aliphatic carbocycles. The zero-order valence-electron chi connectivity index (χ0n) is 11.8. The summed E-state index contributed by atoms with van der Waals surface area (Å²) in [7, 11) is 0. The minimum atomic E-state index is -0.326. The van der Waals surface area contributed by atoms with E-state index < -0.39 is 0 Å². The van der Waals surface area contributed by atoms with Gasteiger partial charge in [0.05, 0.1) is 5.56 Å². The van der Waals surface area contributed by atoms with Crippen LogP contribution in [0, 0.1) is 23.1 Å². The van der Waals surface area contributed by atoms with E-state index in [1.54, 1.807) is 12.1 Å². The number of halogens is 1. The van der Waals surface area contributed by atoms with Gasteiger partial charge in [-0.25, -0.2) is 4.39 Å². The molecule has 2 nitrogen and oxygen atoms in total. The molecule has 1 heterocycles. The van der Waals surface area contributed by atoms with E-state index in [4.69, 9.17) is 5.26 Å². The average Bonchev–Trinajstić information content (AvgIpc) is 2.50. The maximum absolute atomic E-state index is 14.2. The number of benzene rings is 1. The van der Waals surface area contributed by atoms with Gasteiger partial charge in [-0.2, -0.15) is 5.26 Å². The number of nitrogens with zero attached hydrogens (tertiary/aromatic N) is 2. The summed E-state index contributed by atoms with van der Waals surface area (Å²) in [5, 5.41) is 8.93. The minimum Gasteiger partial charge on any atom is -0.296 e. The van der Waals surface area contributed by atoms with Crippen molar-refractivity contribution in [2.45, 2.75) is 51.1 Å². The normalized spacial score (nSPS) is 26.8. The Morgan fingerprint density at radius 1 is 1.20 bits per heavy atom. The summed E-state index contributed by atoms with van der Waals surface area (Å²) in [5.74, 6) is 0.479. The molecular formula is C17H21FN2. The van der Waals surface area contributed by atoms with Crippen LogP contribution in [0.3, 0.4) is 0 Å². The number of hydrogen-bond donors (Lipinski definition) is 0. The molecule has 20 heavy (non-hydrogen) atoms. The molecule has 106 valence electrons. The van der Waals surface area contributed by atoms with E-state index in [0.29, 0.717) is 18.2 Å². The first-order chi connectivity index (χ1) is 9.79. The third kappa shape index (κ3) is 2.58. The first-order valence-corrected chi connectivity index (χ1v) is 7.71. The standard InChI is InChI=1S/C17H21FN2/c18-17-14(11-19)6-3-7-15(17)12-20-10-4-8-13-5-1-2-9-16(13)20/h3,6-7,13,16H,1-2,4-5,8-10,12H2. The molecule has 3 rings (SSSR count). The van der Waals surface area contributed by atoms with Crippen LogP contribution in [0.2, 0.25) is 0 Å². The Morgan fingerprint density at radius 3 is 2.85 bits per heavy atom. The quantitative estimate of drug-likeness (QED) is 0.817. The Morgan fingerprint density at radius 2 is 2.00 bits per heavy atom. The molecule has 0 amide bonds. The number of nitriles is 1. The fourth-order valence-electron chi connectivity index (χ4n) is 3.93. The predicted molar refractivity (Wildman–Crippen MR) is 76.5 cm³/mol. The number of likely N-dealkylation sites (tertiary alicyclic amines) is 1. The maximum Gasteiger partial charge on any atom is 0.145 e. The lowest BCUT2D eigenvalue weighted by Crippen LogP contribution is -2.46. The number of rotatable bonds is 2. The summed E-state index contributed by atoms with van der Waals surface area (Å²) in [4.78, 5) is 2.45. The largest absolute Gasteiger partial charge is 0.296 e. The van der Waals surface area contributed by atoms with Crippen LogP contribution in [0.1, 0.15) is 49.7 Å². The fourth-order valence-corrected chi connectivity index (χ4v) is 3.93. The highest BCUT2D eigenvalue weighted by Crippen LogP contribution is 2.36. The smallest absolute Gasteiger partial charge is 0.145 e. The van der Waals surface area contributed by atoms with Gasteiger partial charge in [0, 0.05) is 18.2 Å². The fraction of sp³-hybridized carbons (Fsp3) is 0.588. The van der Waals surface area contributed by atoms with Crippen LogP contribution < -0.4 is 0 Å². The van der Waals surface area contributed by atoms with Gasteiger partial charge in [0.25, 0.3) is 0 Å². The van der Waals surface area contributed by atoms with Crippen molar-refractivity contribution in [2.75, 3.05) is 6.54 Å². The van der Waals surface area contributed by atoms with E-state index in [-0.39, 0.29) is 11.4 Å². The Labute approximate surface area is 120 Å². The van der Waals surface area contributed by atoms with Gasteiger partial charge in [0.15, 0.2) is 0 Å². The molecule has 0 radical (unpaired) electrons. The van der Waals surface area contributed by atoms with Crippen LogP contribution in [-0.2, 0) is 6.54 Å². The number of fused-ring (bicyclic) bond motifs is 1. The monoisotopic (exact) mass is 272 g/mol. The van der Waals surface area contributed by atoms with Crippen molar-refractivity contribution in [3.63, 3.8) is 0 Å². The highest BCUT2D eigenvalue weighted by Gasteiger charge is 2.33. The van der Waals surface area contributed by atoms with Crippen molar-refractivity contribution in [2.24, 2.45) is 5.92 Å². The second-order valence-corrected chi connectivity index (χ2v) is 6.12. The van der Waals surface area contributed by atoms with Gasteiger partial charge in [-0.1, -0.05) is 25.0 Å². The highest BCUT2D eigenvalue weighted by molar-refractivity contribution is 5.35. The number of piperidine rings is 1. The Kier molecular flexibility index (Phi) is 4.03. The van der Waals surface area contributed by atoms with E-state index in [1.165, 1.54) is 38.5 Å². The van der Waals surface area contributed by atoms with Gasteiger partial charge in [0.1, 0.15) is 11.9 Å². The molecule has 1 saturated carbocycles. The summed E-state index contributed by atoms with van der Waals surface area (Å²) in [6.45, 7) is 1.72. The van der Waals surface area contributed by atoms with Gasteiger partial charge >= 0.3 is 0 Å².